The van der Waals surface area contributed by atoms with Gasteiger partial charge in [-0.05, 0) is 36.5 Å². The minimum atomic E-state index is -0.0200. The summed E-state index contributed by atoms with van der Waals surface area (Å²) in [4.78, 5) is 14.6. The lowest BCUT2D eigenvalue weighted by molar-refractivity contribution is 0.0532. The van der Waals surface area contributed by atoms with Crippen LogP contribution in [0.4, 0.5) is 0 Å². The number of carbonyl (C=O) groups excluding carboxylic acids is 1. The van der Waals surface area contributed by atoms with Crippen molar-refractivity contribution in [2.75, 3.05) is 13.1 Å². The van der Waals surface area contributed by atoms with Crippen molar-refractivity contribution in [3.63, 3.8) is 0 Å². The van der Waals surface area contributed by atoms with Crippen LogP contribution in [0.15, 0.2) is 22.7 Å². The van der Waals surface area contributed by atoms with Gasteiger partial charge in [-0.2, -0.15) is 0 Å². The maximum atomic E-state index is 12.6. The van der Waals surface area contributed by atoms with Gasteiger partial charge in [-0.25, -0.2) is 0 Å². The van der Waals surface area contributed by atoms with E-state index in [-0.39, 0.29) is 29.8 Å². The molecule has 1 aliphatic rings. The van der Waals surface area contributed by atoms with E-state index in [0.717, 1.165) is 35.1 Å². The van der Waals surface area contributed by atoms with Gasteiger partial charge in [-0.15, -0.1) is 12.4 Å². The van der Waals surface area contributed by atoms with Crippen molar-refractivity contribution < 1.29 is 4.79 Å². The number of nitrogens with zero attached hydrogens (tertiary/aromatic N) is 1. The number of likely N-dealkylation sites (tertiary alicyclic amines) is 1. The number of amides is 1. The van der Waals surface area contributed by atoms with Gasteiger partial charge < -0.3 is 10.6 Å². The average Bonchev–Trinajstić information content (AvgIpc) is 2.35. The summed E-state index contributed by atoms with van der Waals surface area (Å²) in [7, 11) is 0. The average molecular weight is 362 g/mol. The van der Waals surface area contributed by atoms with Crippen LogP contribution in [0.3, 0.4) is 0 Å². The predicted octanol–water partition coefficient (Wildman–Crippen LogP) is 3.38. The molecule has 1 unspecified atom stereocenters. The minimum absolute atomic E-state index is 0. The molecule has 1 aromatic rings. The van der Waals surface area contributed by atoms with E-state index in [1.165, 1.54) is 0 Å². The zero-order chi connectivity index (χ0) is 14.2. The lowest BCUT2D eigenvalue weighted by atomic mass is 9.79. The van der Waals surface area contributed by atoms with Crippen LogP contribution < -0.4 is 5.73 Å². The number of aryl methyl sites for hydroxylation is 1. The molecule has 1 heterocycles. The number of halogens is 2. The number of hydrogen-bond donors (Lipinski definition) is 1. The number of rotatable bonds is 1. The Balaban J connectivity index is 0.00000200. The van der Waals surface area contributed by atoms with E-state index >= 15 is 0 Å². The Kier molecular flexibility index (Phi) is 5.64. The highest BCUT2D eigenvalue weighted by atomic mass is 79.9. The molecule has 2 rings (SSSR count). The molecule has 1 amide bonds. The molecule has 20 heavy (non-hydrogen) atoms. The van der Waals surface area contributed by atoms with Crippen LogP contribution >= 0.6 is 28.3 Å². The van der Waals surface area contributed by atoms with Crippen LogP contribution in [-0.4, -0.2) is 29.9 Å². The Hall–Kier alpha value is -0.580. The third-order valence-corrected chi connectivity index (χ3v) is 4.52. The molecule has 1 aromatic carbocycles. The molecular weight excluding hydrogens is 340 g/mol. The van der Waals surface area contributed by atoms with E-state index in [0.29, 0.717) is 0 Å². The summed E-state index contributed by atoms with van der Waals surface area (Å²) in [6.07, 6.45) is 0.867. The molecule has 0 aliphatic carbocycles. The Morgan fingerprint density at radius 2 is 2.10 bits per heavy atom. The highest BCUT2D eigenvalue weighted by Crippen LogP contribution is 2.29. The summed E-state index contributed by atoms with van der Waals surface area (Å²) in [6, 6.07) is 6.00. The molecule has 1 fully saturated rings. The lowest BCUT2D eigenvalue weighted by Crippen LogP contribution is -2.54. The molecule has 0 saturated carbocycles. The van der Waals surface area contributed by atoms with Crippen molar-refractivity contribution in [2.24, 2.45) is 11.1 Å². The number of nitrogens with two attached hydrogens (primary N) is 1. The van der Waals surface area contributed by atoms with Crippen molar-refractivity contribution in [3.8, 4) is 0 Å². The molecule has 1 aliphatic heterocycles. The first-order chi connectivity index (χ1) is 8.81. The largest absolute Gasteiger partial charge is 0.338 e. The highest BCUT2D eigenvalue weighted by Gasteiger charge is 2.35. The molecule has 0 bridgehead atoms. The monoisotopic (exact) mass is 360 g/mol. The number of carbonyl (C=O) groups is 1. The molecule has 0 radical (unpaired) electrons. The number of benzene rings is 1. The van der Waals surface area contributed by atoms with Crippen molar-refractivity contribution in [2.45, 2.75) is 33.2 Å². The number of piperidine rings is 1. The lowest BCUT2D eigenvalue weighted by Gasteiger charge is -2.42. The van der Waals surface area contributed by atoms with E-state index < -0.39 is 0 Å². The molecule has 1 atom stereocenters. The molecule has 3 nitrogen and oxygen atoms in total. The second-order valence-electron chi connectivity index (χ2n) is 6.07. The van der Waals surface area contributed by atoms with Gasteiger partial charge in [0, 0.05) is 29.2 Å². The van der Waals surface area contributed by atoms with Gasteiger partial charge in [0.15, 0.2) is 0 Å². The van der Waals surface area contributed by atoms with Crippen LogP contribution in [0.1, 0.15) is 36.2 Å². The van der Waals surface area contributed by atoms with Gasteiger partial charge in [-0.3, -0.25) is 4.79 Å². The molecule has 0 spiro atoms. The minimum Gasteiger partial charge on any atom is -0.338 e. The first kappa shape index (κ1) is 17.5. The van der Waals surface area contributed by atoms with Gasteiger partial charge in [0.05, 0.1) is 0 Å². The molecule has 112 valence electrons. The van der Waals surface area contributed by atoms with Gasteiger partial charge in [0.25, 0.3) is 5.91 Å². The first-order valence-electron chi connectivity index (χ1n) is 6.62. The zero-order valence-corrected chi connectivity index (χ0v) is 14.6. The fraction of sp³-hybridized carbons (Fsp3) is 0.533. The Morgan fingerprint density at radius 1 is 1.45 bits per heavy atom. The molecule has 2 N–H and O–H groups in total. The standard InChI is InChI=1S/C15H21BrN2O.ClH/c1-10-4-5-11(16)8-12(10)14(19)18-7-6-13(17)15(2,3)9-18;/h4-5,8,13H,6-7,9,17H2,1-3H3;1H. The summed E-state index contributed by atoms with van der Waals surface area (Å²) in [5, 5.41) is 0. The fourth-order valence-electron chi connectivity index (χ4n) is 2.54. The summed E-state index contributed by atoms with van der Waals surface area (Å²) >= 11 is 3.43. The normalized spacial score (nSPS) is 21.2. The van der Waals surface area contributed by atoms with E-state index in [4.69, 9.17) is 5.73 Å². The Morgan fingerprint density at radius 3 is 2.70 bits per heavy atom. The summed E-state index contributed by atoms with van der Waals surface area (Å²) in [5.74, 6) is 0.110. The van der Waals surface area contributed by atoms with Gasteiger partial charge in [0.2, 0.25) is 0 Å². The van der Waals surface area contributed by atoms with Crippen LogP contribution in [0.25, 0.3) is 0 Å². The van der Waals surface area contributed by atoms with Crippen LogP contribution in [0.5, 0.6) is 0 Å². The zero-order valence-electron chi connectivity index (χ0n) is 12.1. The smallest absolute Gasteiger partial charge is 0.254 e. The second kappa shape index (κ2) is 6.46. The SMILES string of the molecule is Cc1ccc(Br)cc1C(=O)N1CCC(N)C(C)(C)C1.Cl. The predicted molar refractivity (Wildman–Crippen MR) is 88.4 cm³/mol. The van der Waals surface area contributed by atoms with E-state index in [1.54, 1.807) is 0 Å². The maximum absolute atomic E-state index is 12.6. The Labute approximate surface area is 135 Å². The molecule has 1 saturated heterocycles. The number of hydrogen-bond acceptors (Lipinski definition) is 2. The van der Waals surface area contributed by atoms with Crippen molar-refractivity contribution in [3.05, 3.63) is 33.8 Å². The van der Waals surface area contributed by atoms with Crippen molar-refractivity contribution >= 4 is 34.2 Å². The van der Waals surface area contributed by atoms with Crippen molar-refractivity contribution in [1.29, 1.82) is 0 Å². The van der Waals surface area contributed by atoms with Gasteiger partial charge >= 0.3 is 0 Å². The third-order valence-electron chi connectivity index (χ3n) is 4.03. The van der Waals surface area contributed by atoms with E-state index in [9.17, 15) is 4.79 Å². The maximum Gasteiger partial charge on any atom is 0.254 e. The molecule has 0 aromatic heterocycles. The van der Waals surface area contributed by atoms with Gasteiger partial charge in [-0.1, -0.05) is 35.8 Å². The van der Waals surface area contributed by atoms with Gasteiger partial charge in [0.1, 0.15) is 0 Å². The topological polar surface area (TPSA) is 46.3 Å². The summed E-state index contributed by atoms with van der Waals surface area (Å²) in [5.41, 5.74) is 7.90. The van der Waals surface area contributed by atoms with E-state index in [2.05, 4.69) is 29.8 Å². The molecule has 5 heteroatoms. The van der Waals surface area contributed by atoms with Crippen molar-refractivity contribution in [1.82, 2.24) is 4.90 Å². The first-order valence-corrected chi connectivity index (χ1v) is 7.41. The Bertz CT molecular complexity index is 505. The summed E-state index contributed by atoms with van der Waals surface area (Å²) in [6.45, 7) is 7.70. The summed E-state index contributed by atoms with van der Waals surface area (Å²) < 4.78 is 0.939. The van der Waals surface area contributed by atoms with E-state index in [1.807, 2.05) is 30.0 Å². The molecular formula is C15H22BrClN2O. The van der Waals surface area contributed by atoms with Crippen LogP contribution in [0.2, 0.25) is 0 Å². The van der Waals surface area contributed by atoms with Crippen LogP contribution in [-0.2, 0) is 0 Å². The fourth-order valence-corrected chi connectivity index (χ4v) is 2.90. The quantitative estimate of drug-likeness (QED) is 0.833. The second-order valence-corrected chi connectivity index (χ2v) is 6.99. The third kappa shape index (κ3) is 3.54. The highest BCUT2D eigenvalue weighted by molar-refractivity contribution is 9.10. The van der Waals surface area contributed by atoms with Crippen LogP contribution in [0, 0.1) is 12.3 Å².